The maximum atomic E-state index is 10.5. The number of nitrogens with one attached hydrogen (secondary N) is 1. The molecule has 0 unspecified atom stereocenters. The van der Waals surface area contributed by atoms with Crippen molar-refractivity contribution in [2.75, 3.05) is 57.8 Å². The Morgan fingerprint density at radius 2 is 1.82 bits per heavy atom. The van der Waals surface area contributed by atoms with Gasteiger partial charge in [-0.2, -0.15) is 0 Å². The van der Waals surface area contributed by atoms with Crippen LogP contribution in [0.3, 0.4) is 0 Å². The molecule has 198 valence electrons. The number of hydrogen-bond donors (Lipinski definition) is 2. The number of aromatic amines is 1. The molecule has 0 radical (unpaired) electrons. The summed E-state index contributed by atoms with van der Waals surface area (Å²) in [7, 11) is 2.13. The van der Waals surface area contributed by atoms with Crippen LogP contribution in [0.15, 0.2) is 60.9 Å². The largest absolute Gasteiger partial charge is 0.491 e. The van der Waals surface area contributed by atoms with E-state index in [1.54, 1.807) is 12.4 Å². The lowest BCUT2D eigenvalue weighted by Gasteiger charge is -2.36. The van der Waals surface area contributed by atoms with Crippen LogP contribution in [0.25, 0.3) is 10.9 Å². The molecule has 38 heavy (non-hydrogen) atoms. The van der Waals surface area contributed by atoms with Crippen LogP contribution in [-0.2, 0) is 6.42 Å². The van der Waals surface area contributed by atoms with Crippen LogP contribution in [-0.4, -0.2) is 88.9 Å². The van der Waals surface area contributed by atoms with Gasteiger partial charge in [0.25, 0.3) is 0 Å². The fraction of sp³-hybridized carbons (Fsp3) is 0.379. The third-order valence-electron chi connectivity index (χ3n) is 7.60. The number of halogens is 1. The van der Waals surface area contributed by atoms with Crippen LogP contribution in [0.1, 0.15) is 22.9 Å². The van der Waals surface area contributed by atoms with Gasteiger partial charge in [0.1, 0.15) is 18.5 Å². The van der Waals surface area contributed by atoms with Crippen LogP contribution < -0.4 is 9.64 Å². The van der Waals surface area contributed by atoms with E-state index in [0.717, 1.165) is 66.7 Å². The van der Waals surface area contributed by atoms with E-state index in [1.165, 1.54) is 10.9 Å². The van der Waals surface area contributed by atoms with E-state index in [0.29, 0.717) is 12.5 Å². The standard InChI is InChI=1S/C29H33ClN6O2/c1-34-13-15-35(16-14-34)18-22(37)19-38-23-6-3-20(4-7-23)28-27-24(25-17-21(30)5-8-26(25)33-27)9-12-36(28)29-31-10-2-11-32-29/h2-8,10-11,17,22,28,33,37H,9,12-16,18-19H2,1H3/t22-,28-/m0/s1. The molecule has 4 heterocycles. The minimum Gasteiger partial charge on any atom is -0.491 e. The Morgan fingerprint density at radius 3 is 2.58 bits per heavy atom. The summed E-state index contributed by atoms with van der Waals surface area (Å²) in [6, 6.07) is 15.9. The summed E-state index contributed by atoms with van der Waals surface area (Å²) in [6.07, 6.45) is 3.91. The van der Waals surface area contributed by atoms with Crippen molar-refractivity contribution in [2.24, 2.45) is 0 Å². The molecule has 2 N–H and O–H groups in total. The van der Waals surface area contributed by atoms with Gasteiger partial charge in [-0.05, 0) is 61.0 Å². The molecule has 0 amide bonds. The van der Waals surface area contributed by atoms with E-state index >= 15 is 0 Å². The Balaban J connectivity index is 1.22. The van der Waals surface area contributed by atoms with Crippen molar-refractivity contribution in [3.05, 3.63) is 82.8 Å². The maximum Gasteiger partial charge on any atom is 0.226 e. The number of aromatic nitrogens is 3. The van der Waals surface area contributed by atoms with Crippen molar-refractivity contribution < 1.29 is 9.84 Å². The number of anilines is 1. The number of rotatable bonds is 7. The molecule has 9 heteroatoms. The third kappa shape index (κ3) is 5.22. The molecule has 2 aromatic heterocycles. The van der Waals surface area contributed by atoms with Crippen molar-refractivity contribution in [2.45, 2.75) is 18.6 Å². The first-order valence-electron chi connectivity index (χ1n) is 13.2. The molecule has 1 fully saturated rings. The van der Waals surface area contributed by atoms with E-state index in [4.69, 9.17) is 16.3 Å². The molecule has 4 aromatic rings. The maximum absolute atomic E-state index is 10.5. The Bertz CT molecular complexity index is 1370. The highest BCUT2D eigenvalue weighted by atomic mass is 35.5. The second-order valence-corrected chi connectivity index (χ2v) is 10.7. The normalized spacial score (nSPS) is 19.4. The molecule has 2 atom stereocenters. The first-order valence-corrected chi connectivity index (χ1v) is 13.6. The van der Waals surface area contributed by atoms with Crippen LogP contribution in [0.5, 0.6) is 5.75 Å². The quantitative estimate of drug-likeness (QED) is 0.375. The Hall–Kier alpha value is -3.17. The van der Waals surface area contributed by atoms with Crippen LogP contribution in [0, 0.1) is 0 Å². The summed E-state index contributed by atoms with van der Waals surface area (Å²) in [5, 5.41) is 12.4. The summed E-state index contributed by atoms with van der Waals surface area (Å²) >= 11 is 6.35. The number of H-pyrrole nitrogens is 1. The number of aliphatic hydroxyl groups excluding tert-OH is 1. The molecular weight excluding hydrogens is 500 g/mol. The summed E-state index contributed by atoms with van der Waals surface area (Å²) in [6.45, 7) is 5.72. The molecule has 1 saturated heterocycles. The highest BCUT2D eigenvalue weighted by molar-refractivity contribution is 6.31. The molecule has 2 aliphatic rings. The highest BCUT2D eigenvalue weighted by Crippen LogP contribution is 2.40. The summed E-state index contributed by atoms with van der Waals surface area (Å²) in [4.78, 5) is 19.6. The molecule has 0 saturated carbocycles. The summed E-state index contributed by atoms with van der Waals surface area (Å²) in [5.41, 5.74) is 4.61. The van der Waals surface area contributed by atoms with Crippen molar-refractivity contribution in [3.8, 4) is 5.75 Å². The molecule has 8 nitrogen and oxygen atoms in total. The Morgan fingerprint density at radius 1 is 1.05 bits per heavy atom. The first kappa shape index (κ1) is 25.1. The zero-order valence-electron chi connectivity index (χ0n) is 21.6. The van der Waals surface area contributed by atoms with Crippen molar-refractivity contribution in [1.82, 2.24) is 24.8 Å². The molecule has 2 aromatic carbocycles. The smallest absolute Gasteiger partial charge is 0.226 e. The number of hydrogen-bond acceptors (Lipinski definition) is 7. The number of fused-ring (bicyclic) bond motifs is 3. The Kier molecular flexibility index (Phi) is 7.21. The molecular formula is C29H33ClN6O2. The minimum absolute atomic E-state index is 0.0794. The summed E-state index contributed by atoms with van der Waals surface area (Å²) < 4.78 is 5.97. The van der Waals surface area contributed by atoms with Crippen molar-refractivity contribution in [3.63, 3.8) is 0 Å². The molecule has 0 aliphatic carbocycles. The number of ether oxygens (including phenoxy) is 1. The van der Waals surface area contributed by atoms with Gasteiger partial charge in [-0.1, -0.05) is 23.7 Å². The van der Waals surface area contributed by atoms with Gasteiger partial charge in [0.2, 0.25) is 5.95 Å². The van der Waals surface area contributed by atoms with E-state index in [-0.39, 0.29) is 12.6 Å². The van der Waals surface area contributed by atoms with Gasteiger partial charge < -0.3 is 24.6 Å². The molecule has 6 rings (SSSR count). The fourth-order valence-corrected chi connectivity index (χ4v) is 5.75. The predicted molar refractivity (Wildman–Crippen MR) is 150 cm³/mol. The van der Waals surface area contributed by atoms with Crippen LogP contribution >= 0.6 is 11.6 Å². The number of piperazine rings is 1. The SMILES string of the molecule is CN1CCN(C[C@H](O)COc2ccc([C@H]3c4[nH]c5ccc(Cl)cc5c4CCN3c3ncccn3)cc2)CC1. The average molecular weight is 533 g/mol. The number of likely N-dealkylation sites (N-methyl/N-ethyl adjacent to an activating group) is 1. The van der Waals surface area contributed by atoms with Gasteiger partial charge in [0.05, 0.1) is 6.04 Å². The van der Waals surface area contributed by atoms with Crippen LogP contribution in [0.4, 0.5) is 5.95 Å². The number of β-amino-alcohol motifs (C(OH)–C–C–N with tert-alkyl or cyclic N) is 1. The molecule has 0 spiro atoms. The van der Waals surface area contributed by atoms with Gasteiger partial charge in [-0.25, -0.2) is 9.97 Å². The Labute approximate surface area is 227 Å². The summed E-state index contributed by atoms with van der Waals surface area (Å²) in [5.74, 6) is 1.44. The number of benzene rings is 2. The van der Waals surface area contributed by atoms with Crippen molar-refractivity contribution >= 4 is 28.5 Å². The number of nitrogens with zero attached hydrogens (tertiary/aromatic N) is 5. The van der Waals surface area contributed by atoms with Gasteiger partial charge in [0, 0.05) is 73.3 Å². The minimum atomic E-state index is -0.525. The van der Waals surface area contributed by atoms with Gasteiger partial charge in [-0.15, -0.1) is 0 Å². The van der Waals surface area contributed by atoms with Crippen molar-refractivity contribution in [1.29, 1.82) is 0 Å². The number of aliphatic hydroxyl groups is 1. The lowest BCUT2D eigenvalue weighted by atomic mass is 9.92. The topological polar surface area (TPSA) is 80.8 Å². The second kappa shape index (κ2) is 10.9. The van der Waals surface area contributed by atoms with Gasteiger partial charge in [-0.3, -0.25) is 4.90 Å². The molecule has 2 aliphatic heterocycles. The fourth-order valence-electron chi connectivity index (χ4n) is 5.58. The lowest BCUT2D eigenvalue weighted by Crippen LogP contribution is -2.47. The zero-order chi connectivity index (χ0) is 26.1. The van der Waals surface area contributed by atoms with E-state index in [2.05, 4.69) is 48.8 Å². The van der Waals surface area contributed by atoms with Gasteiger partial charge in [0.15, 0.2) is 0 Å². The molecule has 0 bridgehead atoms. The van der Waals surface area contributed by atoms with Crippen LogP contribution in [0.2, 0.25) is 5.02 Å². The van der Waals surface area contributed by atoms with E-state index < -0.39 is 6.10 Å². The van der Waals surface area contributed by atoms with E-state index in [9.17, 15) is 5.11 Å². The van der Waals surface area contributed by atoms with Gasteiger partial charge >= 0.3 is 0 Å². The zero-order valence-corrected chi connectivity index (χ0v) is 22.3. The highest BCUT2D eigenvalue weighted by Gasteiger charge is 2.33. The second-order valence-electron chi connectivity index (χ2n) is 10.2. The van der Waals surface area contributed by atoms with E-state index in [1.807, 2.05) is 36.4 Å². The predicted octanol–water partition coefficient (Wildman–Crippen LogP) is 3.75. The average Bonchev–Trinajstić information content (AvgIpc) is 3.31. The monoisotopic (exact) mass is 532 g/mol. The first-order chi connectivity index (χ1) is 18.5. The lowest BCUT2D eigenvalue weighted by molar-refractivity contribution is 0.0505. The third-order valence-corrected chi connectivity index (χ3v) is 7.84.